The minimum absolute atomic E-state index is 0.478. The molecule has 0 aromatic carbocycles. The van der Waals surface area contributed by atoms with Crippen molar-refractivity contribution in [2.24, 2.45) is 5.41 Å². The summed E-state index contributed by atoms with van der Waals surface area (Å²) < 4.78 is 8.77. The third-order valence-corrected chi connectivity index (χ3v) is 13.6. The van der Waals surface area contributed by atoms with Crippen molar-refractivity contribution >= 4 is 55.8 Å². The van der Waals surface area contributed by atoms with Crippen LogP contribution in [0.25, 0.3) is 33.8 Å². The number of likely N-dealkylation sites (N-methyl/N-ethyl adjacent to an activating group) is 1. The van der Waals surface area contributed by atoms with Crippen molar-refractivity contribution in [1.29, 1.82) is 0 Å². The molecule has 11 rings (SSSR count). The van der Waals surface area contributed by atoms with E-state index in [0.717, 1.165) is 123 Å². The zero-order valence-corrected chi connectivity index (χ0v) is 36.4. The van der Waals surface area contributed by atoms with Crippen LogP contribution in [0, 0.1) is 19.3 Å². The molecule has 0 amide bonds. The molecule has 0 radical (unpaired) electrons. The van der Waals surface area contributed by atoms with Crippen LogP contribution < -0.4 is 16.0 Å². The second-order valence-corrected chi connectivity index (χ2v) is 18.5. The van der Waals surface area contributed by atoms with Gasteiger partial charge in [-0.15, -0.1) is 0 Å². The molecule has 1 unspecified atom stereocenters. The Balaban J connectivity index is 0.000000147. The first-order valence-electron chi connectivity index (χ1n) is 20.9. The lowest BCUT2D eigenvalue weighted by atomic mass is 9.80. The van der Waals surface area contributed by atoms with Crippen LogP contribution in [0.2, 0.25) is 0 Å². The highest BCUT2D eigenvalue weighted by molar-refractivity contribution is 7.15. The predicted octanol–water partition coefficient (Wildman–Crippen LogP) is 6.18. The smallest absolute Gasteiger partial charge is 0.180 e. The van der Waals surface area contributed by atoms with Crippen LogP contribution in [0.1, 0.15) is 41.4 Å². The van der Waals surface area contributed by atoms with Crippen LogP contribution >= 0.6 is 22.9 Å². The number of aryl methyl sites for hydroxylation is 2. The number of piperidine rings is 1. The van der Waals surface area contributed by atoms with Gasteiger partial charge in [0.2, 0.25) is 0 Å². The molecule has 17 nitrogen and oxygen atoms in total. The highest BCUT2D eigenvalue weighted by Crippen LogP contribution is 2.38. The Bertz CT molecular complexity index is 2700. The molecular weight excluding hydrogens is 807 g/mol. The molecule has 8 aromatic rings. The molecule has 3 fully saturated rings. The molecular formula is C42H51N17S2. The molecule has 0 saturated carbocycles. The van der Waals surface area contributed by atoms with Gasteiger partial charge in [-0.1, -0.05) is 11.3 Å². The highest BCUT2D eigenvalue weighted by atomic mass is 32.1. The Labute approximate surface area is 361 Å². The van der Waals surface area contributed by atoms with Crippen molar-refractivity contribution in [3.8, 4) is 22.5 Å². The number of anilines is 4. The van der Waals surface area contributed by atoms with E-state index < -0.39 is 0 Å². The number of hydrogen-bond acceptors (Lipinski definition) is 15. The molecule has 1 atom stereocenters. The van der Waals surface area contributed by atoms with Crippen LogP contribution in [0.4, 0.5) is 21.6 Å². The van der Waals surface area contributed by atoms with Crippen LogP contribution in [-0.2, 0) is 13.1 Å². The normalized spacial score (nSPS) is 18.9. The minimum Gasteiger partial charge on any atom is -0.367 e. The zero-order valence-electron chi connectivity index (χ0n) is 34.7. The number of likely N-dealkylation sites (tertiary alicyclic amines) is 1. The number of thiazole rings is 1. The molecule has 3 aliphatic rings. The fraction of sp³-hybridized carbons (Fsp3) is 0.405. The molecule has 3 aliphatic heterocycles. The Kier molecular flexibility index (Phi) is 11.1. The third kappa shape index (κ3) is 8.66. The van der Waals surface area contributed by atoms with Gasteiger partial charge in [0.1, 0.15) is 15.0 Å². The number of fused-ring (bicyclic) bond motifs is 2. The van der Waals surface area contributed by atoms with Crippen molar-refractivity contribution in [3.63, 3.8) is 0 Å². The number of rotatable bonds is 10. The van der Waals surface area contributed by atoms with Gasteiger partial charge in [0.05, 0.1) is 59.8 Å². The van der Waals surface area contributed by atoms with Gasteiger partial charge < -0.3 is 25.8 Å². The summed E-state index contributed by atoms with van der Waals surface area (Å²) in [6.07, 6.45) is 21.2. The van der Waals surface area contributed by atoms with E-state index in [1.165, 1.54) is 50.4 Å². The van der Waals surface area contributed by atoms with Gasteiger partial charge in [0.25, 0.3) is 0 Å². The number of H-pyrrole nitrogens is 2. The van der Waals surface area contributed by atoms with Crippen LogP contribution in [0.5, 0.6) is 0 Å². The fourth-order valence-corrected chi connectivity index (χ4v) is 10.3. The molecule has 61 heavy (non-hydrogen) atoms. The second kappa shape index (κ2) is 17.1. The molecule has 19 heteroatoms. The van der Waals surface area contributed by atoms with E-state index in [0.29, 0.717) is 5.41 Å². The van der Waals surface area contributed by atoms with Crippen molar-refractivity contribution in [2.45, 2.75) is 46.2 Å². The topological polar surface area (TPSA) is 176 Å². The van der Waals surface area contributed by atoms with Gasteiger partial charge in [-0.05, 0) is 82.3 Å². The molecule has 11 heterocycles. The Morgan fingerprint density at radius 2 is 1.54 bits per heavy atom. The van der Waals surface area contributed by atoms with Crippen molar-refractivity contribution in [1.82, 2.24) is 73.3 Å². The molecule has 3 saturated heterocycles. The van der Waals surface area contributed by atoms with E-state index in [2.05, 4.69) is 82.7 Å². The number of hydrogen-bond donors (Lipinski definition) is 5. The van der Waals surface area contributed by atoms with Crippen LogP contribution in [0.15, 0.2) is 67.9 Å². The summed E-state index contributed by atoms with van der Waals surface area (Å²) in [6.45, 7) is 14.9. The average Bonchev–Trinajstić information content (AvgIpc) is 4.11. The van der Waals surface area contributed by atoms with E-state index in [-0.39, 0.29) is 0 Å². The van der Waals surface area contributed by atoms with Crippen LogP contribution in [0.3, 0.4) is 0 Å². The molecule has 1 spiro atoms. The molecule has 0 bridgehead atoms. The fourth-order valence-electron chi connectivity index (χ4n) is 8.77. The van der Waals surface area contributed by atoms with Gasteiger partial charge >= 0.3 is 0 Å². The van der Waals surface area contributed by atoms with E-state index in [1.54, 1.807) is 17.5 Å². The van der Waals surface area contributed by atoms with E-state index in [4.69, 9.17) is 9.97 Å². The van der Waals surface area contributed by atoms with Gasteiger partial charge in [0, 0.05) is 87.9 Å². The summed E-state index contributed by atoms with van der Waals surface area (Å²) in [7, 11) is 2.17. The lowest BCUT2D eigenvalue weighted by Gasteiger charge is -2.33. The predicted molar refractivity (Wildman–Crippen MR) is 241 cm³/mol. The summed E-state index contributed by atoms with van der Waals surface area (Å²) >= 11 is 3.17. The van der Waals surface area contributed by atoms with Crippen LogP contribution in [-0.4, -0.2) is 127 Å². The summed E-state index contributed by atoms with van der Waals surface area (Å²) in [4.78, 5) is 33.8. The maximum atomic E-state index is 4.72. The number of aromatic amines is 2. The first-order valence-corrected chi connectivity index (χ1v) is 22.5. The lowest BCUT2D eigenvalue weighted by Crippen LogP contribution is -2.43. The van der Waals surface area contributed by atoms with Gasteiger partial charge in [0.15, 0.2) is 22.9 Å². The quantitative estimate of drug-likeness (QED) is 0.106. The summed E-state index contributed by atoms with van der Waals surface area (Å²) in [6, 6.07) is 4.16. The SMILES string of the molecule is Cc1cn2c(-c3cc[nH]c3)cnc2c(Nc2cnc(CN3CCC4(CCCNC4)C3)s2)n1.Cc1cn2c(-c3cn[nH]c3)cnc2c(Nc2cc(CN3CCN(C)CC3)ns2)n1. The summed E-state index contributed by atoms with van der Waals surface area (Å²) in [5.74, 6) is 1.49. The first-order chi connectivity index (χ1) is 29.8. The molecule has 0 aliphatic carbocycles. The van der Waals surface area contributed by atoms with E-state index >= 15 is 0 Å². The second-order valence-electron chi connectivity index (χ2n) is 16.6. The molecule has 8 aromatic heterocycles. The standard InChI is InChI=1S/C23H28N8S.C19H23N9S/c1-16-12-31-18(17-3-7-24-9-17)10-27-22(31)21(28-16)29-19-11-26-20(32-19)13-30-8-5-23(15-30)4-2-6-25-14-23;1-13-11-28-16(14-8-21-22-9-14)10-20-19(28)18(23-13)24-17-7-15(25-29-17)12-27-5-3-26(2)4-6-27/h3,7,9-12,24-25H,2,4-6,8,13-15H2,1H3,(H,28,29);7-11H,3-6,12H2,1-2H3,(H,21,22)(H,23,24). The van der Waals surface area contributed by atoms with Gasteiger partial charge in [-0.3, -0.25) is 23.7 Å². The summed E-state index contributed by atoms with van der Waals surface area (Å²) in [5, 5.41) is 20.5. The highest BCUT2D eigenvalue weighted by Gasteiger charge is 2.39. The molecule has 316 valence electrons. The average molecular weight is 858 g/mol. The van der Waals surface area contributed by atoms with Gasteiger partial charge in [-0.25, -0.2) is 24.9 Å². The van der Waals surface area contributed by atoms with E-state index in [1.807, 2.05) is 73.9 Å². The largest absolute Gasteiger partial charge is 0.367 e. The number of aromatic nitrogens is 11. The maximum absolute atomic E-state index is 4.72. The van der Waals surface area contributed by atoms with Gasteiger partial charge in [-0.2, -0.15) is 9.47 Å². The maximum Gasteiger partial charge on any atom is 0.180 e. The van der Waals surface area contributed by atoms with Crippen molar-refractivity contribution in [2.75, 3.05) is 70.0 Å². The number of piperazine rings is 1. The number of imidazole rings is 2. The van der Waals surface area contributed by atoms with Crippen molar-refractivity contribution < 1.29 is 0 Å². The Hall–Kier alpha value is -5.57. The Morgan fingerprint density at radius 1 is 0.787 bits per heavy atom. The number of nitrogens with zero attached hydrogens (tertiary/aromatic N) is 12. The lowest BCUT2D eigenvalue weighted by molar-refractivity contribution is 0.147. The minimum atomic E-state index is 0.478. The monoisotopic (exact) mass is 857 g/mol. The third-order valence-electron chi connectivity index (χ3n) is 11.9. The zero-order chi connectivity index (χ0) is 41.3. The van der Waals surface area contributed by atoms with Crippen molar-refractivity contribution in [3.05, 3.63) is 90.0 Å². The molecule has 5 N–H and O–H groups in total. The first kappa shape index (κ1) is 39.6. The van der Waals surface area contributed by atoms with E-state index in [9.17, 15) is 0 Å². The number of nitrogens with one attached hydrogen (secondary N) is 5. The summed E-state index contributed by atoms with van der Waals surface area (Å²) in [5.41, 5.74) is 9.11. The Morgan fingerprint density at radius 3 is 2.23 bits per heavy atom.